The van der Waals surface area contributed by atoms with E-state index in [1.54, 1.807) is 11.3 Å². The zero-order valence-corrected chi connectivity index (χ0v) is 12.8. The Kier molecular flexibility index (Phi) is 4.41. The number of rotatable bonds is 4. The van der Waals surface area contributed by atoms with Gasteiger partial charge in [-0.3, -0.25) is 0 Å². The number of likely N-dealkylation sites (tertiary alicyclic amines) is 1. The van der Waals surface area contributed by atoms with Gasteiger partial charge in [0.15, 0.2) is 0 Å². The molecule has 1 fully saturated rings. The fraction of sp³-hybridized carbons (Fsp3) is 0.786. The van der Waals surface area contributed by atoms with Gasteiger partial charge in [0.05, 0.1) is 5.69 Å². The maximum atomic E-state index is 4.71. The van der Waals surface area contributed by atoms with Gasteiger partial charge in [0, 0.05) is 23.9 Å². The maximum absolute atomic E-state index is 4.71. The minimum Gasteiger partial charge on any atom is -0.310 e. The summed E-state index contributed by atoms with van der Waals surface area (Å²) in [7, 11) is 2.20. The summed E-state index contributed by atoms with van der Waals surface area (Å²) in [5.74, 6) is 0.817. The van der Waals surface area contributed by atoms with Gasteiger partial charge in [-0.25, -0.2) is 4.98 Å². The predicted molar refractivity (Wildman–Crippen MR) is 78.1 cm³/mol. The average molecular weight is 267 g/mol. The summed E-state index contributed by atoms with van der Waals surface area (Å²) < 4.78 is 0. The highest BCUT2D eigenvalue weighted by molar-refractivity contribution is 7.09. The maximum Gasteiger partial charge on any atom is 0.107 e. The van der Waals surface area contributed by atoms with E-state index in [1.807, 2.05) is 0 Å². The zero-order chi connectivity index (χ0) is 13.2. The Morgan fingerprint density at radius 3 is 2.83 bits per heavy atom. The third-order valence-electron chi connectivity index (χ3n) is 3.52. The van der Waals surface area contributed by atoms with Gasteiger partial charge in [-0.2, -0.15) is 0 Å². The molecule has 2 heterocycles. The highest BCUT2D eigenvalue weighted by Crippen LogP contribution is 2.23. The molecule has 1 aliphatic rings. The van der Waals surface area contributed by atoms with Gasteiger partial charge in [-0.05, 0) is 32.5 Å². The minimum atomic E-state index is 0.170. The van der Waals surface area contributed by atoms with Gasteiger partial charge in [-0.15, -0.1) is 11.3 Å². The van der Waals surface area contributed by atoms with E-state index in [4.69, 9.17) is 4.98 Å². The van der Waals surface area contributed by atoms with Gasteiger partial charge >= 0.3 is 0 Å². The molecule has 0 aliphatic carbocycles. The molecule has 0 radical (unpaired) electrons. The third-order valence-corrected chi connectivity index (χ3v) is 4.37. The summed E-state index contributed by atoms with van der Waals surface area (Å²) >= 11 is 1.78. The number of thiazole rings is 1. The molecule has 3 nitrogen and oxygen atoms in total. The number of nitrogens with zero attached hydrogens (tertiary/aromatic N) is 2. The van der Waals surface area contributed by atoms with Crippen molar-refractivity contribution in [3.8, 4) is 0 Å². The molecule has 0 aromatic carbocycles. The fourth-order valence-electron chi connectivity index (χ4n) is 2.31. The minimum absolute atomic E-state index is 0.170. The highest BCUT2D eigenvalue weighted by atomic mass is 32.1. The first-order valence-electron chi connectivity index (χ1n) is 6.79. The Hall–Kier alpha value is -0.450. The van der Waals surface area contributed by atoms with Crippen LogP contribution in [0.4, 0.5) is 0 Å². The largest absolute Gasteiger partial charge is 0.310 e. The van der Waals surface area contributed by atoms with Crippen LogP contribution in [0.3, 0.4) is 0 Å². The normalized spacial score (nSPS) is 21.7. The molecule has 0 amide bonds. The summed E-state index contributed by atoms with van der Waals surface area (Å²) in [5, 5.41) is 6.96. The van der Waals surface area contributed by atoms with Crippen LogP contribution in [0, 0.1) is 5.92 Å². The Morgan fingerprint density at radius 1 is 1.50 bits per heavy atom. The van der Waals surface area contributed by atoms with E-state index in [1.165, 1.54) is 30.2 Å². The summed E-state index contributed by atoms with van der Waals surface area (Å²) in [4.78, 5) is 7.12. The van der Waals surface area contributed by atoms with Gasteiger partial charge in [0.2, 0.25) is 0 Å². The van der Waals surface area contributed by atoms with Crippen LogP contribution >= 0.6 is 11.3 Å². The van der Waals surface area contributed by atoms with Gasteiger partial charge in [0.25, 0.3) is 0 Å². The van der Waals surface area contributed by atoms with Crippen molar-refractivity contribution >= 4 is 11.3 Å². The van der Waals surface area contributed by atoms with Crippen LogP contribution in [-0.4, -0.2) is 36.6 Å². The molecule has 1 unspecified atom stereocenters. The van der Waals surface area contributed by atoms with Crippen LogP contribution in [0.5, 0.6) is 0 Å². The molecule has 1 aromatic rings. The van der Waals surface area contributed by atoms with Crippen molar-refractivity contribution in [1.82, 2.24) is 15.2 Å². The quantitative estimate of drug-likeness (QED) is 0.908. The summed E-state index contributed by atoms with van der Waals surface area (Å²) in [6.07, 6.45) is 1.33. The van der Waals surface area contributed by atoms with E-state index in [0.717, 1.165) is 19.0 Å². The second kappa shape index (κ2) is 5.68. The molecule has 1 aromatic heterocycles. The van der Waals surface area contributed by atoms with Crippen molar-refractivity contribution in [1.29, 1.82) is 0 Å². The van der Waals surface area contributed by atoms with Crippen molar-refractivity contribution in [3.05, 3.63) is 16.1 Å². The SMILES string of the molecule is CN1CCC(CNCc2nc(C(C)(C)C)cs2)C1. The van der Waals surface area contributed by atoms with Crippen molar-refractivity contribution < 1.29 is 0 Å². The molecule has 1 atom stereocenters. The van der Waals surface area contributed by atoms with Crippen molar-refractivity contribution in [3.63, 3.8) is 0 Å². The molecule has 0 saturated carbocycles. The van der Waals surface area contributed by atoms with Crippen molar-refractivity contribution in [2.45, 2.75) is 39.2 Å². The summed E-state index contributed by atoms with van der Waals surface area (Å²) in [5.41, 5.74) is 1.38. The lowest BCUT2D eigenvalue weighted by molar-refractivity contribution is 0.388. The van der Waals surface area contributed by atoms with Crippen LogP contribution in [0.15, 0.2) is 5.38 Å². The lowest BCUT2D eigenvalue weighted by Crippen LogP contribution is -2.24. The van der Waals surface area contributed by atoms with Gasteiger partial charge in [-0.1, -0.05) is 20.8 Å². The van der Waals surface area contributed by atoms with Gasteiger partial charge in [0.1, 0.15) is 5.01 Å². The second-order valence-corrected chi connectivity index (χ2v) is 7.37. The molecule has 0 spiro atoms. The number of aromatic nitrogens is 1. The van der Waals surface area contributed by atoms with Crippen LogP contribution in [0.25, 0.3) is 0 Å². The monoisotopic (exact) mass is 267 g/mol. The van der Waals surface area contributed by atoms with Crippen LogP contribution in [-0.2, 0) is 12.0 Å². The topological polar surface area (TPSA) is 28.2 Å². The van der Waals surface area contributed by atoms with E-state index in [2.05, 4.69) is 43.4 Å². The number of hydrogen-bond donors (Lipinski definition) is 1. The molecule has 1 N–H and O–H groups in total. The van der Waals surface area contributed by atoms with E-state index in [-0.39, 0.29) is 5.41 Å². The lowest BCUT2D eigenvalue weighted by atomic mass is 9.93. The van der Waals surface area contributed by atoms with Gasteiger partial charge < -0.3 is 10.2 Å². The predicted octanol–water partition coefficient (Wildman–Crippen LogP) is 2.48. The fourth-order valence-corrected chi connectivity index (χ4v) is 3.30. The molecular formula is C14H25N3S. The van der Waals surface area contributed by atoms with Crippen LogP contribution in [0.1, 0.15) is 37.9 Å². The first-order valence-corrected chi connectivity index (χ1v) is 7.67. The molecule has 0 bridgehead atoms. The Morgan fingerprint density at radius 2 is 2.28 bits per heavy atom. The first-order chi connectivity index (χ1) is 8.45. The second-order valence-electron chi connectivity index (χ2n) is 6.42. The van der Waals surface area contributed by atoms with Crippen LogP contribution < -0.4 is 5.32 Å². The van der Waals surface area contributed by atoms with E-state index in [9.17, 15) is 0 Å². The average Bonchev–Trinajstić information content (AvgIpc) is 2.87. The Labute approximate surface area is 115 Å². The Bertz CT molecular complexity index is 381. The molecule has 2 rings (SSSR count). The van der Waals surface area contributed by atoms with Crippen LogP contribution in [0.2, 0.25) is 0 Å². The highest BCUT2D eigenvalue weighted by Gasteiger charge is 2.19. The number of hydrogen-bond acceptors (Lipinski definition) is 4. The third kappa shape index (κ3) is 3.77. The molecule has 102 valence electrons. The number of nitrogens with one attached hydrogen (secondary N) is 1. The molecule has 4 heteroatoms. The molecule has 1 aliphatic heterocycles. The Balaban J connectivity index is 1.75. The van der Waals surface area contributed by atoms with E-state index >= 15 is 0 Å². The zero-order valence-electron chi connectivity index (χ0n) is 12.0. The summed E-state index contributed by atoms with van der Waals surface area (Å²) in [6, 6.07) is 0. The molecule has 18 heavy (non-hydrogen) atoms. The smallest absolute Gasteiger partial charge is 0.107 e. The molecule has 1 saturated heterocycles. The summed E-state index contributed by atoms with van der Waals surface area (Å²) in [6.45, 7) is 11.2. The van der Waals surface area contributed by atoms with E-state index < -0.39 is 0 Å². The first kappa shape index (κ1) is 14.0. The van der Waals surface area contributed by atoms with Crippen molar-refractivity contribution in [2.75, 3.05) is 26.7 Å². The van der Waals surface area contributed by atoms with E-state index in [0.29, 0.717) is 0 Å². The molecular weight excluding hydrogens is 242 g/mol. The standard InChI is InChI=1S/C14H25N3S/c1-14(2,3)12-10-18-13(16-12)8-15-7-11-5-6-17(4)9-11/h10-11,15H,5-9H2,1-4H3. The lowest BCUT2D eigenvalue weighted by Gasteiger charge is -2.14. The van der Waals surface area contributed by atoms with Crippen molar-refractivity contribution in [2.24, 2.45) is 5.92 Å².